The lowest BCUT2D eigenvalue weighted by molar-refractivity contribution is -0.0321. The third-order valence-electron chi connectivity index (χ3n) is 3.54. The van der Waals surface area contributed by atoms with Crippen molar-refractivity contribution in [3.05, 3.63) is 33.8 Å². The van der Waals surface area contributed by atoms with Crippen molar-refractivity contribution in [2.24, 2.45) is 0 Å². The molecule has 0 saturated carbocycles. The molecule has 1 heterocycles. The Kier molecular flexibility index (Phi) is 7.01. The number of nitrogens with one attached hydrogen (secondary N) is 1. The van der Waals surface area contributed by atoms with E-state index in [9.17, 15) is 9.59 Å². The standard InChI is InChI=1S/C16H20BrNO5/c17-13-9-11(8-12(10-13)16(20)21)15(19)18-4-1-5-23-14-2-6-22-7-3-14/h8-10,14H,1-7H2,(H,18,19)(H,20,21). The highest BCUT2D eigenvalue weighted by molar-refractivity contribution is 9.10. The lowest BCUT2D eigenvalue weighted by Gasteiger charge is -2.22. The van der Waals surface area contributed by atoms with Crippen LogP contribution in [0.5, 0.6) is 0 Å². The normalized spacial score (nSPS) is 15.3. The Morgan fingerprint density at radius 1 is 1.26 bits per heavy atom. The van der Waals surface area contributed by atoms with E-state index in [2.05, 4.69) is 21.2 Å². The largest absolute Gasteiger partial charge is 0.478 e. The minimum absolute atomic E-state index is 0.0763. The lowest BCUT2D eigenvalue weighted by Crippen LogP contribution is -2.27. The molecule has 1 aromatic carbocycles. The molecule has 1 amide bonds. The van der Waals surface area contributed by atoms with Crippen molar-refractivity contribution in [3.8, 4) is 0 Å². The van der Waals surface area contributed by atoms with Gasteiger partial charge >= 0.3 is 5.97 Å². The van der Waals surface area contributed by atoms with Crippen molar-refractivity contribution in [3.63, 3.8) is 0 Å². The fraction of sp³-hybridized carbons (Fsp3) is 0.500. The van der Waals surface area contributed by atoms with E-state index in [4.69, 9.17) is 14.6 Å². The van der Waals surface area contributed by atoms with E-state index < -0.39 is 5.97 Å². The van der Waals surface area contributed by atoms with Crippen LogP contribution in [0.3, 0.4) is 0 Å². The number of carboxylic acids is 1. The van der Waals surface area contributed by atoms with Crippen molar-refractivity contribution in [1.82, 2.24) is 5.32 Å². The second-order valence-electron chi connectivity index (χ2n) is 5.33. The van der Waals surface area contributed by atoms with Crippen LogP contribution in [0.25, 0.3) is 0 Å². The predicted octanol–water partition coefficient (Wildman–Crippen LogP) is 2.46. The second kappa shape index (κ2) is 9.00. The number of hydrogen-bond acceptors (Lipinski definition) is 4. The highest BCUT2D eigenvalue weighted by Gasteiger charge is 2.14. The lowest BCUT2D eigenvalue weighted by atomic mass is 10.1. The van der Waals surface area contributed by atoms with Gasteiger partial charge in [-0.1, -0.05) is 15.9 Å². The predicted molar refractivity (Wildman–Crippen MR) is 87.8 cm³/mol. The number of rotatable bonds is 7. The van der Waals surface area contributed by atoms with Gasteiger partial charge in [0.25, 0.3) is 5.91 Å². The number of halogens is 1. The minimum Gasteiger partial charge on any atom is -0.478 e. The summed E-state index contributed by atoms with van der Waals surface area (Å²) >= 11 is 3.21. The monoisotopic (exact) mass is 385 g/mol. The van der Waals surface area contributed by atoms with E-state index in [1.165, 1.54) is 12.1 Å². The average molecular weight is 386 g/mol. The van der Waals surface area contributed by atoms with Crippen molar-refractivity contribution in [1.29, 1.82) is 0 Å². The molecule has 0 radical (unpaired) electrons. The number of carbonyl (C=O) groups is 2. The van der Waals surface area contributed by atoms with Gasteiger partial charge in [0, 0.05) is 36.4 Å². The first-order valence-corrected chi connectivity index (χ1v) is 8.37. The summed E-state index contributed by atoms with van der Waals surface area (Å²) in [5.41, 5.74) is 0.398. The summed E-state index contributed by atoms with van der Waals surface area (Å²) in [7, 11) is 0. The van der Waals surface area contributed by atoms with Crippen LogP contribution in [-0.2, 0) is 9.47 Å². The van der Waals surface area contributed by atoms with Gasteiger partial charge in [-0.15, -0.1) is 0 Å². The molecule has 0 aliphatic carbocycles. The van der Waals surface area contributed by atoms with E-state index in [1.54, 1.807) is 6.07 Å². The number of carbonyl (C=O) groups excluding carboxylic acids is 1. The van der Waals surface area contributed by atoms with Crippen LogP contribution in [0, 0.1) is 0 Å². The van der Waals surface area contributed by atoms with E-state index >= 15 is 0 Å². The first-order chi connectivity index (χ1) is 11.1. The maximum Gasteiger partial charge on any atom is 0.335 e. The number of aromatic carboxylic acids is 1. The fourth-order valence-electron chi connectivity index (χ4n) is 2.31. The van der Waals surface area contributed by atoms with Crippen molar-refractivity contribution >= 4 is 27.8 Å². The van der Waals surface area contributed by atoms with Crippen molar-refractivity contribution in [2.45, 2.75) is 25.4 Å². The molecule has 1 aromatic rings. The first kappa shape index (κ1) is 17.9. The fourth-order valence-corrected chi connectivity index (χ4v) is 2.81. The third kappa shape index (κ3) is 5.93. The molecule has 0 spiro atoms. The summed E-state index contributed by atoms with van der Waals surface area (Å²) in [5.74, 6) is -1.36. The molecule has 0 atom stereocenters. The van der Waals surface area contributed by atoms with Crippen LogP contribution in [0.2, 0.25) is 0 Å². The number of amides is 1. The molecule has 7 heteroatoms. The summed E-state index contributed by atoms with van der Waals surface area (Å²) in [5, 5.41) is 11.8. The Labute approximate surface area is 143 Å². The quantitative estimate of drug-likeness (QED) is 0.704. The summed E-state index contributed by atoms with van der Waals surface area (Å²) in [6, 6.07) is 4.42. The van der Waals surface area contributed by atoms with E-state index in [1.807, 2.05) is 0 Å². The Balaban J connectivity index is 1.73. The summed E-state index contributed by atoms with van der Waals surface area (Å²) < 4.78 is 11.5. The van der Waals surface area contributed by atoms with Crippen LogP contribution in [0.15, 0.2) is 22.7 Å². The average Bonchev–Trinajstić information content (AvgIpc) is 2.54. The molecule has 0 aromatic heterocycles. The van der Waals surface area contributed by atoms with E-state index in [-0.39, 0.29) is 17.6 Å². The zero-order valence-electron chi connectivity index (χ0n) is 12.7. The highest BCUT2D eigenvalue weighted by atomic mass is 79.9. The van der Waals surface area contributed by atoms with Crippen LogP contribution >= 0.6 is 15.9 Å². The smallest absolute Gasteiger partial charge is 0.335 e. The highest BCUT2D eigenvalue weighted by Crippen LogP contribution is 2.16. The third-order valence-corrected chi connectivity index (χ3v) is 3.99. The number of ether oxygens (including phenoxy) is 2. The van der Waals surface area contributed by atoms with Gasteiger partial charge in [-0.2, -0.15) is 0 Å². The van der Waals surface area contributed by atoms with Gasteiger partial charge in [0.2, 0.25) is 0 Å². The van der Waals surface area contributed by atoms with Gasteiger partial charge in [0.1, 0.15) is 0 Å². The minimum atomic E-state index is -1.06. The maximum absolute atomic E-state index is 12.1. The molecule has 1 saturated heterocycles. The molecule has 126 valence electrons. The SMILES string of the molecule is O=C(O)c1cc(Br)cc(C(=O)NCCCOC2CCOCC2)c1. The second-order valence-corrected chi connectivity index (χ2v) is 6.24. The van der Waals surface area contributed by atoms with Crippen LogP contribution < -0.4 is 5.32 Å². The molecule has 23 heavy (non-hydrogen) atoms. The van der Waals surface area contributed by atoms with Gasteiger partial charge in [-0.3, -0.25) is 4.79 Å². The molecule has 0 unspecified atom stereocenters. The topological polar surface area (TPSA) is 84.9 Å². The van der Waals surface area contributed by atoms with E-state index in [0.717, 1.165) is 26.1 Å². The van der Waals surface area contributed by atoms with Crippen molar-refractivity contribution in [2.75, 3.05) is 26.4 Å². The number of carboxylic acid groups (broad SMARTS) is 1. The first-order valence-electron chi connectivity index (χ1n) is 7.57. The van der Waals surface area contributed by atoms with Gasteiger partial charge < -0.3 is 19.9 Å². The molecule has 1 aliphatic heterocycles. The van der Waals surface area contributed by atoms with Crippen LogP contribution in [0.4, 0.5) is 0 Å². The van der Waals surface area contributed by atoms with E-state index in [0.29, 0.717) is 29.6 Å². The summed E-state index contributed by atoms with van der Waals surface area (Å²) in [6.45, 7) is 2.56. The molecule has 2 N–H and O–H groups in total. The molecule has 6 nitrogen and oxygen atoms in total. The van der Waals surface area contributed by atoms with Crippen LogP contribution in [-0.4, -0.2) is 49.5 Å². The number of hydrogen-bond donors (Lipinski definition) is 2. The number of benzene rings is 1. The zero-order valence-corrected chi connectivity index (χ0v) is 14.3. The summed E-state index contributed by atoms with van der Waals surface area (Å²) in [6.07, 6.45) is 2.80. The molecule has 1 fully saturated rings. The Morgan fingerprint density at radius 3 is 2.65 bits per heavy atom. The zero-order chi connectivity index (χ0) is 16.7. The van der Waals surface area contributed by atoms with Crippen LogP contribution in [0.1, 0.15) is 40.0 Å². The molecular weight excluding hydrogens is 366 g/mol. The molecule has 1 aliphatic rings. The van der Waals surface area contributed by atoms with Gasteiger partial charge in [-0.25, -0.2) is 4.79 Å². The van der Waals surface area contributed by atoms with Gasteiger partial charge in [0.15, 0.2) is 0 Å². The Bertz CT molecular complexity index is 557. The molecule has 0 bridgehead atoms. The molecule has 2 rings (SSSR count). The van der Waals surface area contributed by atoms with Crippen molar-refractivity contribution < 1.29 is 24.2 Å². The summed E-state index contributed by atoms with van der Waals surface area (Å²) in [4.78, 5) is 23.1. The van der Waals surface area contributed by atoms with Gasteiger partial charge in [0.05, 0.1) is 11.7 Å². The maximum atomic E-state index is 12.1. The Hall–Kier alpha value is -1.44. The van der Waals surface area contributed by atoms with Gasteiger partial charge in [-0.05, 0) is 37.5 Å². The molecular formula is C16H20BrNO5. The Morgan fingerprint density at radius 2 is 1.96 bits per heavy atom.